The third-order valence-corrected chi connectivity index (χ3v) is 6.92. The Kier molecular flexibility index (Phi) is 8.24. The number of esters is 1. The number of nitrogens with one attached hydrogen (secondary N) is 2. The molecule has 1 fully saturated rings. The lowest BCUT2D eigenvalue weighted by Gasteiger charge is -2.24. The standard InChI is InChI=1S/C20H32FN7O5PS/c1-10(16(30)31-8-19(2,3)4)27-34(35)32-7-11-13(29)20(5,21)17(33-11)28-9-24-12-14(23-6)25-18(22)26-15(12)28/h9-11,13,17,29H,7-8H2,1-6H3,(H,27,35)(H3,22,23,25,26)/q+1/t10-,11?,13+,17+,20+/m0/s1. The maximum absolute atomic E-state index is 15.6. The van der Waals surface area contributed by atoms with Gasteiger partial charge in [0, 0.05) is 7.05 Å². The number of ether oxygens (including phenoxy) is 2. The predicted octanol–water partition coefficient (Wildman–Crippen LogP) is 1.79. The lowest BCUT2D eigenvalue weighted by molar-refractivity contribution is -0.147. The first-order valence-corrected chi connectivity index (χ1v) is 13.2. The number of carbonyl (C=O) groups excluding carboxylic acids is 1. The second kappa shape index (κ2) is 10.5. The van der Waals surface area contributed by atoms with E-state index in [1.807, 2.05) is 20.8 Å². The summed E-state index contributed by atoms with van der Waals surface area (Å²) < 4.78 is 33.7. The summed E-state index contributed by atoms with van der Waals surface area (Å²) in [4.78, 5) is 24.6. The van der Waals surface area contributed by atoms with Crippen molar-refractivity contribution in [3.05, 3.63) is 6.33 Å². The molecule has 194 valence electrons. The highest BCUT2D eigenvalue weighted by molar-refractivity contribution is 8.02. The molecule has 6 atom stereocenters. The van der Waals surface area contributed by atoms with Crippen LogP contribution in [0.1, 0.15) is 40.8 Å². The van der Waals surface area contributed by atoms with Crippen LogP contribution in [0, 0.1) is 5.41 Å². The monoisotopic (exact) mass is 532 g/mol. The summed E-state index contributed by atoms with van der Waals surface area (Å²) in [6.45, 7) is 8.76. The van der Waals surface area contributed by atoms with Gasteiger partial charge in [0.1, 0.15) is 24.9 Å². The van der Waals surface area contributed by atoms with Crippen LogP contribution < -0.4 is 16.1 Å². The molecule has 3 rings (SSSR count). The van der Waals surface area contributed by atoms with E-state index in [9.17, 15) is 9.90 Å². The number of hydrogen-bond donors (Lipinski definition) is 4. The summed E-state index contributed by atoms with van der Waals surface area (Å²) in [5, 5.41) is 16.4. The van der Waals surface area contributed by atoms with E-state index in [1.165, 1.54) is 17.8 Å². The molecule has 0 radical (unpaired) electrons. The van der Waals surface area contributed by atoms with Gasteiger partial charge in [-0.2, -0.15) is 9.97 Å². The highest BCUT2D eigenvalue weighted by atomic mass is 32.4. The Morgan fingerprint density at radius 3 is 2.80 bits per heavy atom. The van der Waals surface area contributed by atoms with E-state index >= 15 is 4.39 Å². The number of fused-ring (bicyclic) bond motifs is 1. The zero-order valence-electron chi connectivity index (χ0n) is 20.5. The number of anilines is 2. The van der Waals surface area contributed by atoms with Crippen LogP contribution in [0.15, 0.2) is 6.33 Å². The van der Waals surface area contributed by atoms with Crippen LogP contribution in [0.5, 0.6) is 0 Å². The number of aliphatic hydroxyl groups is 1. The Bertz CT molecular complexity index is 1100. The highest BCUT2D eigenvalue weighted by Gasteiger charge is 2.56. The molecule has 0 aromatic carbocycles. The zero-order valence-corrected chi connectivity index (χ0v) is 22.2. The Morgan fingerprint density at radius 2 is 2.17 bits per heavy atom. The number of imidazole rings is 1. The van der Waals surface area contributed by atoms with E-state index in [-0.39, 0.29) is 30.2 Å². The summed E-state index contributed by atoms with van der Waals surface area (Å²) in [6, 6.07) is -0.696. The predicted molar refractivity (Wildman–Crippen MR) is 132 cm³/mol. The molecule has 0 aliphatic carbocycles. The molecule has 12 nitrogen and oxygen atoms in total. The van der Waals surface area contributed by atoms with E-state index in [0.717, 1.165) is 0 Å². The largest absolute Gasteiger partial charge is 0.464 e. The van der Waals surface area contributed by atoms with Gasteiger partial charge < -0.3 is 25.6 Å². The summed E-state index contributed by atoms with van der Waals surface area (Å²) in [6.07, 6.45) is -2.47. The van der Waals surface area contributed by atoms with Gasteiger partial charge in [0.25, 0.3) is 0 Å². The lowest BCUT2D eigenvalue weighted by atomic mass is 9.98. The van der Waals surface area contributed by atoms with Crippen molar-refractivity contribution >= 4 is 47.8 Å². The first-order chi connectivity index (χ1) is 16.2. The molecule has 35 heavy (non-hydrogen) atoms. The third-order valence-electron chi connectivity index (χ3n) is 5.30. The number of halogens is 1. The van der Waals surface area contributed by atoms with Gasteiger partial charge in [0.05, 0.1) is 12.9 Å². The smallest absolute Gasteiger partial charge is 0.440 e. The molecule has 1 aliphatic rings. The van der Waals surface area contributed by atoms with Crippen molar-refractivity contribution < 1.29 is 28.3 Å². The minimum atomic E-state index is -2.21. The number of nitrogens with zero attached hydrogens (tertiary/aromatic N) is 4. The molecular weight excluding hydrogens is 500 g/mol. The lowest BCUT2D eigenvalue weighted by Crippen LogP contribution is -2.40. The van der Waals surface area contributed by atoms with Gasteiger partial charge >= 0.3 is 13.0 Å². The number of aliphatic hydroxyl groups excluding tert-OH is 1. The van der Waals surface area contributed by atoms with Crippen molar-refractivity contribution in [2.45, 2.75) is 64.8 Å². The SMILES string of the molecule is CNc1nc(N)nc2c1ncn2[C@@H]1OC(CO[P+](=S)N[C@@H](C)C(=O)OCC(C)(C)C)[C@@H](O)[C@@]1(C)F. The Morgan fingerprint density at radius 1 is 1.49 bits per heavy atom. The normalized spacial score (nSPS) is 26.1. The van der Waals surface area contributed by atoms with Crippen molar-refractivity contribution in [2.75, 3.05) is 31.3 Å². The first kappa shape index (κ1) is 27.5. The Balaban J connectivity index is 1.65. The van der Waals surface area contributed by atoms with Crippen LogP contribution in [-0.4, -0.2) is 74.8 Å². The minimum absolute atomic E-state index is 0.0273. The van der Waals surface area contributed by atoms with Crippen molar-refractivity contribution in [3.8, 4) is 0 Å². The quantitative estimate of drug-likeness (QED) is 0.274. The number of nitrogen functional groups attached to an aromatic ring is 1. The van der Waals surface area contributed by atoms with Gasteiger partial charge in [-0.25, -0.2) is 9.37 Å². The molecule has 0 saturated carbocycles. The summed E-state index contributed by atoms with van der Waals surface area (Å²) in [5.41, 5.74) is 4.03. The van der Waals surface area contributed by atoms with Crippen LogP contribution in [-0.2, 0) is 30.6 Å². The molecule has 2 unspecified atom stereocenters. The number of alkyl halides is 1. The van der Waals surface area contributed by atoms with E-state index in [2.05, 4.69) is 25.4 Å². The van der Waals surface area contributed by atoms with Gasteiger partial charge in [-0.05, 0) is 19.3 Å². The van der Waals surface area contributed by atoms with Crippen LogP contribution in [0.4, 0.5) is 16.2 Å². The average molecular weight is 533 g/mol. The van der Waals surface area contributed by atoms with Gasteiger partial charge in [-0.3, -0.25) is 9.36 Å². The zero-order chi connectivity index (χ0) is 26.1. The second-order valence-electron chi connectivity index (χ2n) is 9.70. The fraction of sp³-hybridized carbons (Fsp3) is 0.700. The fourth-order valence-corrected chi connectivity index (χ4v) is 4.87. The summed E-state index contributed by atoms with van der Waals surface area (Å²) in [5.74, 6) is -0.104. The molecule has 2 aromatic rings. The molecule has 5 N–H and O–H groups in total. The molecular formula is C20H32FN7O5PS+. The topological polar surface area (TPSA) is 159 Å². The molecule has 2 aromatic heterocycles. The number of rotatable bonds is 9. The fourth-order valence-electron chi connectivity index (χ4n) is 3.43. The molecule has 0 spiro atoms. The van der Waals surface area contributed by atoms with Gasteiger partial charge in [-0.15, -0.1) is 4.52 Å². The van der Waals surface area contributed by atoms with Crippen molar-refractivity contribution in [1.82, 2.24) is 24.6 Å². The summed E-state index contributed by atoms with van der Waals surface area (Å²) in [7, 11) is -0.0537. The summed E-state index contributed by atoms with van der Waals surface area (Å²) >= 11 is 5.28. The van der Waals surface area contributed by atoms with E-state index in [0.29, 0.717) is 11.3 Å². The Labute approximate surface area is 208 Å². The number of hydrogen-bond acceptors (Lipinski definition) is 11. The number of nitrogens with two attached hydrogens (primary N) is 1. The van der Waals surface area contributed by atoms with Gasteiger partial charge in [0.15, 0.2) is 28.9 Å². The Hall–Kier alpha value is -2.09. The number of carbonyl (C=O) groups is 1. The van der Waals surface area contributed by atoms with E-state index in [1.54, 1.807) is 14.0 Å². The minimum Gasteiger partial charge on any atom is -0.464 e. The number of aromatic nitrogens is 4. The van der Waals surface area contributed by atoms with Crippen LogP contribution in [0.25, 0.3) is 11.2 Å². The van der Waals surface area contributed by atoms with Crippen molar-refractivity contribution in [3.63, 3.8) is 0 Å². The molecule has 0 bridgehead atoms. The van der Waals surface area contributed by atoms with Crippen LogP contribution in [0.3, 0.4) is 0 Å². The van der Waals surface area contributed by atoms with Crippen molar-refractivity contribution in [2.24, 2.45) is 5.41 Å². The van der Waals surface area contributed by atoms with E-state index in [4.69, 9.17) is 31.5 Å². The molecule has 3 heterocycles. The van der Waals surface area contributed by atoms with Gasteiger partial charge in [0.2, 0.25) is 17.8 Å². The first-order valence-electron chi connectivity index (χ1n) is 11.0. The van der Waals surface area contributed by atoms with Crippen LogP contribution >= 0.6 is 7.07 Å². The molecule has 1 aliphatic heterocycles. The third kappa shape index (κ3) is 6.19. The van der Waals surface area contributed by atoms with Crippen molar-refractivity contribution in [1.29, 1.82) is 0 Å². The average Bonchev–Trinajstić information content (AvgIpc) is 3.27. The molecule has 1 saturated heterocycles. The molecule has 0 amide bonds. The maximum Gasteiger partial charge on any atom is 0.440 e. The maximum atomic E-state index is 15.6. The van der Waals surface area contributed by atoms with Gasteiger partial charge in [-0.1, -0.05) is 25.9 Å². The second-order valence-corrected chi connectivity index (χ2v) is 11.7. The highest BCUT2D eigenvalue weighted by Crippen LogP contribution is 2.43. The van der Waals surface area contributed by atoms with Crippen LogP contribution in [0.2, 0.25) is 0 Å². The van der Waals surface area contributed by atoms with E-state index < -0.39 is 43.2 Å². The molecule has 15 heteroatoms.